The SMILES string of the molecule is CCN(C)C.CCOc1cc(C(=O)N(C)Cc2cncc3cn[nH]c23)ccc1-c1cccc(F)c1. The summed E-state index contributed by atoms with van der Waals surface area (Å²) in [6.45, 7) is 5.94. The van der Waals surface area contributed by atoms with Crippen molar-refractivity contribution in [3.63, 3.8) is 0 Å². The lowest BCUT2D eigenvalue weighted by molar-refractivity contribution is 0.0785. The quantitative estimate of drug-likeness (QED) is 0.405. The van der Waals surface area contributed by atoms with E-state index >= 15 is 0 Å². The van der Waals surface area contributed by atoms with Gasteiger partial charge in [0.05, 0.1) is 18.3 Å². The Hall–Kier alpha value is -3.78. The first kappa shape index (κ1) is 25.8. The molecule has 7 nitrogen and oxygen atoms in total. The van der Waals surface area contributed by atoms with Gasteiger partial charge in [-0.3, -0.25) is 14.9 Å². The molecule has 0 bridgehead atoms. The molecule has 0 unspecified atom stereocenters. The fourth-order valence-corrected chi connectivity index (χ4v) is 3.42. The zero-order chi connectivity index (χ0) is 25.4. The van der Waals surface area contributed by atoms with E-state index in [1.807, 2.05) is 13.0 Å². The number of halogens is 1. The zero-order valence-corrected chi connectivity index (χ0v) is 20.9. The average Bonchev–Trinajstić information content (AvgIpc) is 3.34. The van der Waals surface area contributed by atoms with Gasteiger partial charge in [0.25, 0.3) is 5.91 Å². The van der Waals surface area contributed by atoms with Crippen LogP contribution in [0.4, 0.5) is 4.39 Å². The number of aromatic amines is 1. The average molecular weight is 478 g/mol. The highest BCUT2D eigenvalue weighted by molar-refractivity contribution is 5.95. The van der Waals surface area contributed by atoms with Crippen LogP contribution in [-0.2, 0) is 6.54 Å². The Bertz CT molecular complexity index is 1270. The van der Waals surface area contributed by atoms with Gasteiger partial charge >= 0.3 is 0 Å². The van der Waals surface area contributed by atoms with Crippen LogP contribution in [0.15, 0.2) is 61.1 Å². The number of pyridine rings is 1. The fraction of sp³-hybridized carbons (Fsp3) is 0.296. The van der Waals surface area contributed by atoms with E-state index < -0.39 is 0 Å². The Morgan fingerprint density at radius 1 is 1.06 bits per heavy atom. The number of nitrogens with zero attached hydrogens (tertiary/aromatic N) is 4. The van der Waals surface area contributed by atoms with Crippen molar-refractivity contribution < 1.29 is 13.9 Å². The van der Waals surface area contributed by atoms with E-state index in [1.54, 1.807) is 54.8 Å². The molecule has 2 aromatic carbocycles. The third-order valence-electron chi connectivity index (χ3n) is 5.48. The summed E-state index contributed by atoms with van der Waals surface area (Å²) in [6.07, 6.45) is 5.15. The van der Waals surface area contributed by atoms with Crippen molar-refractivity contribution >= 4 is 16.8 Å². The highest BCUT2D eigenvalue weighted by atomic mass is 19.1. The molecule has 2 heterocycles. The number of carbonyl (C=O) groups is 1. The number of nitrogens with one attached hydrogen (secondary N) is 1. The third kappa shape index (κ3) is 6.64. The van der Waals surface area contributed by atoms with Gasteiger partial charge in [0, 0.05) is 48.1 Å². The molecule has 35 heavy (non-hydrogen) atoms. The van der Waals surface area contributed by atoms with E-state index in [0.717, 1.165) is 28.6 Å². The highest BCUT2D eigenvalue weighted by Crippen LogP contribution is 2.32. The minimum absolute atomic E-state index is 0.154. The zero-order valence-electron chi connectivity index (χ0n) is 20.9. The summed E-state index contributed by atoms with van der Waals surface area (Å²) in [5.74, 6) is 0.0642. The molecule has 1 amide bonds. The smallest absolute Gasteiger partial charge is 0.254 e. The van der Waals surface area contributed by atoms with Gasteiger partial charge < -0.3 is 14.5 Å². The van der Waals surface area contributed by atoms with Crippen molar-refractivity contribution in [1.82, 2.24) is 25.0 Å². The summed E-state index contributed by atoms with van der Waals surface area (Å²) in [7, 11) is 5.85. The second-order valence-electron chi connectivity index (χ2n) is 8.34. The first-order valence-corrected chi connectivity index (χ1v) is 11.5. The number of rotatable bonds is 7. The molecular weight excluding hydrogens is 445 g/mol. The van der Waals surface area contributed by atoms with Crippen molar-refractivity contribution in [2.24, 2.45) is 0 Å². The second kappa shape index (κ2) is 12.1. The van der Waals surface area contributed by atoms with Gasteiger partial charge in [0.2, 0.25) is 0 Å². The monoisotopic (exact) mass is 477 g/mol. The lowest BCUT2D eigenvalue weighted by atomic mass is 10.0. The number of H-pyrrole nitrogens is 1. The highest BCUT2D eigenvalue weighted by Gasteiger charge is 2.17. The molecule has 4 rings (SSSR count). The van der Waals surface area contributed by atoms with Crippen LogP contribution in [0.25, 0.3) is 22.0 Å². The van der Waals surface area contributed by atoms with Gasteiger partial charge in [-0.15, -0.1) is 0 Å². The second-order valence-corrected chi connectivity index (χ2v) is 8.34. The van der Waals surface area contributed by atoms with Crippen LogP contribution in [-0.4, -0.2) is 65.2 Å². The molecular formula is C27H32FN5O2. The number of aromatic nitrogens is 3. The Labute approximate surface area is 205 Å². The maximum atomic E-state index is 13.7. The summed E-state index contributed by atoms with van der Waals surface area (Å²) in [5, 5.41) is 7.88. The predicted molar refractivity (Wildman–Crippen MR) is 137 cm³/mol. The van der Waals surface area contributed by atoms with Gasteiger partial charge in [-0.25, -0.2) is 4.39 Å². The molecule has 4 aromatic rings. The standard InChI is InChI=1S/C23H21FN4O2.C4H11N/c1-3-30-21-10-16(7-8-20(21)15-5-4-6-19(24)9-15)23(29)28(2)14-18-12-25-11-17-13-26-27-22(17)18;1-4-5(2)3/h4-13H,3,14H2,1-2H3,(H,26,27);4H2,1-3H3. The molecule has 0 saturated heterocycles. The number of fused-ring (bicyclic) bond motifs is 1. The van der Waals surface area contributed by atoms with Gasteiger partial charge in [-0.1, -0.05) is 19.1 Å². The van der Waals surface area contributed by atoms with E-state index in [0.29, 0.717) is 30.0 Å². The number of hydrogen-bond donors (Lipinski definition) is 1. The maximum absolute atomic E-state index is 13.7. The molecule has 0 atom stereocenters. The minimum Gasteiger partial charge on any atom is -0.493 e. The molecule has 8 heteroatoms. The molecule has 1 N–H and O–H groups in total. The number of amides is 1. The number of hydrogen-bond acceptors (Lipinski definition) is 5. The van der Waals surface area contributed by atoms with Crippen molar-refractivity contribution in [3.8, 4) is 16.9 Å². The molecule has 2 aromatic heterocycles. The lowest BCUT2D eigenvalue weighted by Gasteiger charge is -2.19. The first-order chi connectivity index (χ1) is 16.8. The van der Waals surface area contributed by atoms with Gasteiger partial charge in [0.15, 0.2) is 0 Å². The molecule has 184 valence electrons. The third-order valence-corrected chi connectivity index (χ3v) is 5.48. The van der Waals surface area contributed by atoms with Gasteiger partial charge in [-0.2, -0.15) is 5.10 Å². The van der Waals surface area contributed by atoms with E-state index in [9.17, 15) is 9.18 Å². The van der Waals surface area contributed by atoms with E-state index in [2.05, 4.69) is 41.1 Å². The van der Waals surface area contributed by atoms with E-state index in [1.165, 1.54) is 12.1 Å². The van der Waals surface area contributed by atoms with Crippen LogP contribution in [0.3, 0.4) is 0 Å². The molecule has 0 aliphatic carbocycles. The molecule has 0 spiro atoms. The van der Waals surface area contributed by atoms with Crippen molar-refractivity contribution in [3.05, 3.63) is 78.0 Å². The van der Waals surface area contributed by atoms with Crippen LogP contribution in [0.1, 0.15) is 29.8 Å². The van der Waals surface area contributed by atoms with Crippen molar-refractivity contribution in [2.75, 3.05) is 34.3 Å². The fourth-order valence-electron chi connectivity index (χ4n) is 3.42. The van der Waals surface area contributed by atoms with Crippen LogP contribution in [0, 0.1) is 5.82 Å². The molecule has 0 aliphatic rings. The van der Waals surface area contributed by atoms with Crippen LogP contribution < -0.4 is 4.74 Å². The summed E-state index contributed by atoms with van der Waals surface area (Å²) in [5.41, 5.74) is 3.67. The Morgan fingerprint density at radius 3 is 2.51 bits per heavy atom. The topological polar surface area (TPSA) is 74.3 Å². The predicted octanol–water partition coefficient (Wildman–Crippen LogP) is 5.00. The molecule has 0 aliphatic heterocycles. The number of ether oxygens (including phenoxy) is 1. The largest absolute Gasteiger partial charge is 0.493 e. The summed E-state index contributed by atoms with van der Waals surface area (Å²) >= 11 is 0. The number of benzene rings is 2. The van der Waals surface area contributed by atoms with Gasteiger partial charge in [0.1, 0.15) is 11.6 Å². The maximum Gasteiger partial charge on any atom is 0.254 e. The van der Waals surface area contributed by atoms with Crippen LogP contribution in [0.5, 0.6) is 5.75 Å². The lowest BCUT2D eigenvalue weighted by Crippen LogP contribution is -2.26. The van der Waals surface area contributed by atoms with E-state index in [4.69, 9.17) is 4.74 Å². The van der Waals surface area contributed by atoms with Crippen molar-refractivity contribution in [2.45, 2.75) is 20.4 Å². The summed E-state index contributed by atoms with van der Waals surface area (Å²) in [6, 6.07) is 11.5. The van der Waals surface area contributed by atoms with Crippen LogP contribution in [0.2, 0.25) is 0 Å². The van der Waals surface area contributed by atoms with E-state index in [-0.39, 0.29) is 11.7 Å². The van der Waals surface area contributed by atoms with Crippen molar-refractivity contribution in [1.29, 1.82) is 0 Å². The molecule has 0 fully saturated rings. The first-order valence-electron chi connectivity index (χ1n) is 11.5. The Balaban J connectivity index is 0.000000623. The van der Waals surface area contributed by atoms with Crippen LogP contribution >= 0.6 is 0 Å². The van der Waals surface area contributed by atoms with Gasteiger partial charge in [-0.05, 0) is 63.5 Å². The molecule has 0 saturated carbocycles. The Kier molecular flexibility index (Phi) is 8.92. The summed E-state index contributed by atoms with van der Waals surface area (Å²) in [4.78, 5) is 21.0. The number of carbonyl (C=O) groups excluding carboxylic acids is 1. The normalized spacial score (nSPS) is 10.7. The minimum atomic E-state index is -0.323. The Morgan fingerprint density at radius 2 is 1.83 bits per heavy atom. The molecule has 0 radical (unpaired) electrons. The summed E-state index contributed by atoms with van der Waals surface area (Å²) < 4.78 is 19.4.